The number of likely N-dealkylation sites (tertiary alicyclic amines) is 1. The number of benzene rings is 1. The number of methoxy groups -OCH3 is 1. The van der Waals surface area contributed by atoms with Crippen molar-refractivity contribution in [1.82, 2.24) is 25.4 Å². The molecule has 2 aliphatic rings. The molecule has 0 unspecified atom stereocenters. The topological polar surface area (TPSA) is 110 Å². The summed E-state index contributed by atoms with van der Waals surface area (Å²) in [4.78, 5) is 32.1. The highest BCUT2D eigenvalue weighted by molar-refractivity contribution is 5.87. The molecule has 3 heterocycles. The van der Waals surface area contributed by atoms with Crippen molar-refractivity contribution in [2.24, 2.45) is 11.3 Å². The maximum absolute atomic E-state index is 13.4. The molecule has 1 N–H and O–H groups in total. The fourth-order valence-corrected chi connectivity index (χ4v) is 5.96. The van der Waals surface area contributed by atoms with Crippen LogP contribution in [0, 0.1) is 18.3 Å². The van der Waals surface area contributed by atoms with Gasteiger partial charge in [-0.3, -0.25) is 14.6 Å². The lowest BCUT2D eigenvalue weighted by Crippen LogP contribution is -2.36. The summed E-state index contributed by atoms with van der Waals surface area (Å²) in [6.07, 6.45) is 7.56. The van der Waals surface area contributed by atoms with Crippen molar-refractivity contribution >= 4 is 22.6 Å². The Kier molecular flexibility index (Phi) is 8.49. The minimum absolute atomic E-state index is 0.0461. The molecular weight excluding hydrogens is 506 g/mol. The quantitative estimate of drug-likeness (QED) is 0.299. The lowest BCUT2D eigenvalue weighted by Gasteiger charge is -2.30. The molecule has 2 fully saturated rings. The van der Waals surface area contributed by atoms with Crippen LogP contribution < -0.4 is 10.1 Å². The molecule has 0 bridgehead atoms. The summed E-state index contributed by atoms with van der Waals surface area (Å²) in [7, 11) is 3.75. The molecule has 1 amide bonds. The Bertz CT molecular complexity index is 1360. The number of pyridine rings is 1. The first-order chi connectivity index (χ1) is 19.3. The van der Waals surface area contributed by atoms with Crippen LogP contribution in [0.4, 0.5) is 0 Å². The summed E-state index contributed by atoms with van der Waals surface area (Å²) in [5.74, 6) is 1.77. The van der Waals surface area contributed by atoms with Gasteiger partial charge >= 0.3 is 0 Å². The molecule has 3 aromatic rings. The van der Waals surface area contributed by atoms with E-state index in [0.717, 1.165) is 68.2 Å². The second-order valence-corrected chi connectivity index (χ2v) is 11.6. The van der Waals surface area contributed by atoms with Crippen molar-refractivity contribution in [1.29, 1.82) is 0 Å². The highest BCUT2D eigenvalue weighted by atomic mass is 16.5. The number of fused-ring (bicyclic) bond motifs is 1. The molecule has 1 saturated carbocycles. The van der Waals surface area contributed by atoms with Crippen LogP contribution >= 0.6 is 0 Å². The lowest BCUT2D eigenvalue weighted by atomic mass is 9.91. The van der Waals surface area contributed by atoms with E-state index in [1.165, 1.54) is 0 Å². The third kappa shape index (κ3) is 6.19. The average Bonchev–Trinajstić information content (AvgIpc) is 3.44. The van der Waals surface area contributed by atoms with Gasteiger partial charge in [0.25, 0.3) is 5.89 Å². The minimum Gasteiger partial charge on any atom is -0.496 e. The highest BCUT2D eigenvalue weighted by Crippen LogP contribution is 2.59. The zero-order chi connectivity index (χ0) is 28.3. The van der Waals surface area contributed by atoms with Gasteiger partial charge in [0.15, 0.2) is 0 Å². The fourth-order valence-electron chi connectivity index (χ4n) is 5.96. The molecule has 1 saturated heterocycles. The summed E-state index contributed by atoms with van der Waals surface area (Å²) < 4.78 is 11.9. The van der Waals surface area contributed by atoms with E-state index < -0.39 is 0 Å². The van der Waals surface area contributed by atoms with Gasteiger partial charge in [-0.2, -0.15) is 0 Å². The summed E-state index contributed by atoms with van der Waals surface area (Å²) >= 11 is 0. The SMILES string of the molecule is CCC(=O)CCCCC[C@H](NC(=O)[C@H]1CC12CCN(C)CC2)c1nnc(-c2cc3ccc(C)nc3cc2OC)o1. The monoisotopic (exact) mass is 547 g/mol. The first-order valence-electron chi connectivity index (χ1n) is 14.6. The number of ketones is 1. The van der Waals surface area contributed by atoms with E-state index in [-0.39, 0.29) is 23.3 Å². The Hall–Kier alpha value is -3.33. The Morgan fingerprint density at radius 2 is 1.98 bits per heavy atom. The molecule has 0 radical (unpaired) electrons. The number of carbonyl (C=O) groups excluding carboxylic acids is 2. The molecule has 40 heavy (non-hydrogen) atoms. The third-order valence-electron chi connectivity index (χ3n) is 8.77. The number of aromatic nitrogens is 3. The van der Waals surface area contributed by atoms with Gasteiger partial charge in [-0.25, -0.2) is 0 Å². The molecule has 1 spiro atoms. The second-order valence-electron chi connectivity index (χ2n) is 11.6. The largest absolute Gasteiger partial charge is 0.496 e. The summed E-state index contributed by atoms with van der Waals surface area (Å²) in [6.45, 7) is 5.94. The number of Topliss-reactive ketones (excluding diaryl/α,β-unsaturated/α-hetero) is 1. The fraction of sp³-hybridized carbons (Fsp3) is 0.581. The molecule has 9 heteroatoms. The first-order valence-corrected chi connectivity index (χ1v) is 14.6. The van der Waals surface area contributed by atoms with Crippen LogP contribution in [0.15, 0.2) is 28.7 Å². The average molecular weight is 548 g/mol. The number of amides is 1. The summed E-state index contributed by atoms with van der Waals surface area (Å²) in [6, 6.07) is 7.43. The van der Waals surface area contributed by atoms with Gasteiger partial charge in [0.1, 0.15) is 17.6 Å². The molecule has 1 aromatic carbocycles. The Balaban J connectivity index is 1.33. The van der Waals surface area contributed by atoms with E-state index in [9.17, 15) is 9.59 Å². The van der Waals surface area contributed by atoms with E-state index in [2.05, 4.69) is 32.4 Å². The number of rotatable bonds is 12. The van der Waals surface area contributed by atoms with Gasteiger partial charge in [0.05, 0.1) is 18.2 Å². The Morgan fingerprint density at radius 3 is 2.73 bits per heavy atom. The van der Waals surface area contributed by atoms with Crippen LogP contribution in [0.5, 0.6) is 5.75 Å². The minimum atomic E-state index is -0.379. The standard InChI is InChI=1S/C31H41N5O4/c1-5-22(37)9-7-6-8-10-25(33-28(38)24-19-31(24)13-15-36(3)16-14-31)30-35-34-29(40-30)23-17-21-12-11-20(2)32-26(21)18-27(23)39-4/h11-12,17-18,24-25H,5-10,13-16,19H2,1-4H3,(H,33,38)/t24-,25+/m1/s1. The zero-order valence-electron chi connectivity index (χ0n) is 24.2. The number of nitrogens with one attached hydrogen (secondary N) is 1. The number of piperidine rings is 1. The Morgan fingerprint density at radius 1 is 1.18 bits per heavy atom. The molecule has 5 rings (SSSR count). The summed E-state index contributed by atoms with van der Waals surface area (Å²) in [5, 5.41) is 13.0. The second kappa shape index (κ2) is 12.0. The third-order valence-corrected chi connectivity index (χ3v) is 8.77. The van der Waals surface area contributed by atoms with Gasteiger partial charge in [0, 0.05) is 35.9 Å². The molecule has 9 nitrogen and oxygen atoms in total. The van der Waals surface area contributed by atoms with Gasteiger partial charge in [-0.15, -0.1) is 10.2 Å². The Labute approximate surface area is 236 Å². The molecule has 214 valence electrons. The molecule has 1 aliphatic heterocycles. The lowest BCUT2D eigenvalue weighted by molar-refractivity contribution is -0.124. The normalized spacial score (nSPS) is 19.1. The molecule has 2 aromatic heterocycles. The van der Waals surface area contributed by atoms with E-state index in [1.54, 1.807) is 7.11 Å². The van der Waals surface area contributed by atoms with Crippen LogP contribution in [-0.2, 0) is 9.59 Å². The van der Waals surface area contributed by atoms with E-state index in [0.29, 0.717) is 48.1 Å². The number of unbranched alkanes of at least 4 members (excludes halogenated alkanes) is 2. The van der Waals surface area contributed by atoms with Crippen LogP contribution in [0.25, 0.3) is 22.4 Å². The highest BCUT2D eigenvalue weighted by Gasteiger charge is 2.58. The number of ether oxygens (including phenoxy) is 1. The van der Waals surface area contributed by atoms with Crippen molar-refractivity contribution in [3.63, 3.8) is 0 Å². The van der Waals surface area contributed by atoms with Crippen LogP contribution in [0.3, 0.4) is 0 Å². The zero-order valence-corrected chi connectivity index (χ0v) is 24.2. The van der Waals surface area contributed by atoms with Crippen molar-refractivity contribution in [2.45, 2.75) is 77.7 Å². The number of hydrogen-bond acceptors (Lipinski definition) is 8. The van der Waals surface area contributed by atoms with Crippen molar-refractivity contribution in [2.75, 3.05) is 27.2 Å². The van der Waals surface area contributed by atoms with E-state index >= 15 is 0 Å². The van der Waals surface area contributed by atoms with Gasteiger partial charge in [-0.1, -0.05) is 25.8 Å². The van der Waals surface area contributed by atoms with Gasteiger partial charge in [0.2, 0.25) is 11.8 Å². The maximum Gasteiger partial charge on any atom is 0.251 e. The van der Waals surface area contributed by atoms with E-state index in [1.807, 2.05) is 38.1 Å². The molecule has 1 aliphatic carbocycles. The van der Waals surface area contributed by atoms with Crippen molar-refractivity contribution in [3.05, 3.63) is 35.9 Å². The predicted molar refractivity (Wildman–Crippen MR) is 153 cm³/mol. The number of nitrogens with zero attached hydrogens (tertiary/aromatic N) is 4. The van der Waals surface area contributed by atoms with Gasteiger partial charge < -0.3 is 19.4 Å². The van der Waals surface area contributed by atoms with E-state index in [4.69, 9.17) is 9.15 Å². The number of hydrogen-bond donors (Lipinski definition) is 1. The maximum atomic E-state index is 13.4. The van der Waals surface area contributed by atoms with Crippen molar-refractivity contribution in [3.8, 4) is 17.2 Å². The van der Waals surface area contributed by atoms with Gasteiger partial charge in [-0.05, 0) is 76.7 Å². The number of carbonyl (C=O) groups is 2. The smallest absolute Gasteiger partial charge is 0.251 e. The predicted octanol–water partition coefficient (Wildman–Crippen LogP) is 5.42. The summed E-state index contributed by atoms with van der Waals surface area (Å²) in [5.41, 5.74) is 2.60. The molecular formula is C31H41N5O4. The van der Waals surface area contributed by atoms with Crippen LogP contribution in [0.1, 0.15) is 82.3 Å². The van der Waals surface area contributed by atoms with Crippen LogP contribution in [0.2, 0.25) is 0 Å². The van der Waals surface area contributed by atoms with Crippen molar-refractivity contribution < 1.29 is 18.7 Å². The number of aryl methyl sites for hydroxylation is 1. The van der Waals surface area contributed by atoms with Crippen LogP contribution in [-0.4, -0.2) is 59.0 Å². The molecule has 2 atom stereocenters. The first kappa shape index (κ1) is 28.2.